The van der Waals surface area contributed by atoms with Crippen LogP contribution in [-0.4, -0.2) is 23.9 Å². The summed E-state index contributed by atoms with van der Waals surface area (Å²) in [6, 6.07) is 2.25. The van der Waals surface area contributed by atoms with Crippen LogP contribution >= 0.6 is 0 Å². The Bertz CT molecular complexity index is 314. The van der Waals surface area contributed by atoms with E-state index in [1.54, 1.807) is 0 Å². The Morgan fingerprint density at radius 1 is 1.50 bits per heavy atom. The van der Waals surface area contributed by atoms with Crippen molar-refractivity contribution in [1.82, 2.24) is 4.90 Å². The number of nitriles is 1. The molecule has 2 rings (SSSR count). The maximum Gasteiger partial charge on any atom is 0.243 e. The first-order chi connectivity index (χ1) is 7.72. The Hall–Kier alpha value is -1.04. The van der Waals surface area contributed by atoms with Crippen LogP contribution in [-0.2, 0) is 4.79 Å². The number of carbonyl (C=O) groups excluding carboxylic acids is 1. The summed E-state index contributed by atoms with van der Waals surface area (Å²) in [5.41, 5.74) is -0.643. The monoisotopic (exact) mass is 220 g/mol. The maximum atomic E-state index is 12.3. The van der Waals surface area contributed by atoms with Crippen LogP contribution in [0.3, 0.4) is 0 Å². The molecule has 2 fully saturated rings. The van der Waals surface area contributed by atoms with Crippen LogP contribution < -0.4 is 0 Å². The summed E-state index contributed by atoms with van der Waals surface area (Å²) in [5, 5.41) is 9.16. The van der Waals surface area contributed by atoms with Crippen molar-refractivity contribution in [2.45, 2.75) is 45.4 Å². The Morgan fingerprint density at radius 2 is 2.25 bits per heavy atom. The van der Waals surface area contributed by atoms with Crippen molar-refractivity contribution < 1.29 is 4.79 Å². The number of amides is 1. The van der Waals surface area contributed by atoms with Crippen molar-refractivity contribution in [3.05, 3.63) is 0 Å². The minimum Gasteiger partial charge on any atom is -0.341 e. The van der Waals surface area contributed by atoms with Gasteiger partial charge in [-0.2, -0.15) is 5.26 Å². The topological polar surface area (TPSA) is 44.1 Å². The van der Waals surface area contributed by atoms with Crippen LogP contribution in [0.1, 0.15) is 45.4 Å². The highest BCUT2D eigenvalue weighted by molar-refractivity contribution is 5.86. The minimum absolute atomic E-state index is 0.111. The number of hydrogen-bond donors (Lipinski definition) is 0. The molecule has 2 aliphatic rings. The summed E-state index contributed by atoms with van der Waals surface area (Å²) in [6.07, 6.45) is 6.06. The van der Waals surface area contributed by atoms with E-state index in [1.165, 1.54) is 6.42 Å². The van der Waals surface area contributed by atoms with Crippen LogP contribution in [0.25, 0.3) is 0 Å². The third-order valence-corrected chi connectivity index (χ3v) is 4.21. The quantitative estimate of drug-likeness (QED) is 0.717. The van der Waals surface area contributed by atoms with Gasteiger partial charge < -0.3 is 4.90 Å². The standard InChI is InChI=1S/C13H20N2O/c1-2-11-5-3-8-15(9-11)12(16)13(10-14)6-4-7-13/h11H,2-9H2,1H3/t11-/m1/s1. The van der Waals surface area contributed by atoms with Crippen LogP contribution in [0.15, 0.2) is 0 Å². The van der Waals surface area contributed by atoms with Gasteiger partial charge in [0.05, 0.1) is 6.07 Å². The van der Waals surface area contributed by atoms with Gasteiger partial charge in [-0.05, 0) is 38.0 Å². The van der Waals surface area contributed by atoms with Gasteiger partial charge in [-0.3, -0.25) is 4.79 Å². The smallest absolute Gasteiger partial charge is 0.243 e. The lowest BCUT2D eigenvalue weighted by molar-refractivity contribution is -0.144. The predicted molar refractivity (Wildman–Crippen MR) is 61.5 cm³/mol. The molecule has 1 heterocycles. The number of carbonyl (C=O) groups is 1. The van der Waals surface area contributed by atoms with Crippen molar-refractivity contribution in [3.63, 3.8) is 0 Å². The molecular weight excluding hydrogens is 200 g/mol. The highest BCUT2D eigenvalue weighted by Gasteiger charge is 2.47. The molecule has 88 valence electrons. The Morgan fingerprint density at radius 3 is 2.75 bits per heavy atom. The van der Waals surface area contributed by atoms with Gasteiger partial charge in [0.15, 0.2) is 0 Å². The van der Waals surface area contributed by atoms with Crippen molar-refractivity contribution in [1.29, 1.82) is 5.26 Å². The summed E-state index contributed by atoms with van der Waals surface area (Å²) >= 11 is 0. The summed E-state index contributed by atoms with van der Waals surface area (Å²) in [6.45, 7) is 3.92. The first-order valence-corrected chi connectivity index (χ1v) is 6.42. The van der Waals surface area contributed by atoms with Gasteiger partial charge in [-0.15, -0.1) is 0 Å². The van der Waals surface area contributed by atoms with Crippen LogP contribution in [0.2, 0.25) is 0 Å². The molecular formula is C13H20N2O. The molecule has 0 N–H and O–H groups in total. The van der Waals surface area contributed by atoms with Gasteiger partial charge in [0, 0.05) is 13.1 Å². The fraction of sp³-hybridized carbons (Fsp3) is 0.846. The zero-order chi connectivity index (χ0) is 11.6. The summed E-state index contributed by atoms with van der Waals surface area (Å²) in [7, 11) is 0. The minimum atomic E-state index is -0.643. The summed E-state index contributed by atoms with van der Waals surface area (Å²) in [5.74, 6) is 0.757. The van der Waals surface area contributed by atoms with Crippen molar-refractivity contribution >= 4 is 5.91 Å². The number of piperidine rings is 1. The van der Waals surface area contributed by atoms with E-state index < -0.39 is 5.41 Å². The van der Waals surface area contributed by atoms with Gasteiger partial charge in [-0.1, -0.05) is 13.3 Å². The number of likely N-dealkylation sites (tertiary alicyclic amines) is 1. The normalized spacial score (nSPS) is 28.0. The molecule has 0 aromatic rings. The molecule has 1 aliphatic carbocycles. The van der Waals surface area contributed by atoms with Gasteiger partial charge >= 0.3 is 0 Å². The molecule has 0 radical (unpaired) electrons. The SMILES string of the molecule is CC[C@@H]1CCCN(C(=O)C2(C#N)CCC2)C1. The Kier molecular flexibility index (Phi) is 3.18. The molecule has 3 nitrogen and oxygen atoms in total. The second-order valence-corrected chi connectivity index (χ2v) is 5.22. The molecule has 0 unspecified atom stereocenters. The van der Waals surface area contributed by atoms with Crippen LogP contribution in [0.5, 0.6) is 0 Å². The van der Waals surface area contributed by atoms with Crippen molar-refractivity contribution in [3.8, 4) is 6.07 Å². The van der Waals surface area contributed by atoms with E-state index in [2.05, 4.69) is 13.0 Å². The number of nitrogens with zero attached hydrogens (tertiary/aromatic N) is 2. The van der Waals surface area contributed by atoms with E-state index in [0.29, 0.717) is 5.92 Å². The first kappa shape index (κ1) is 11.4. The lowest BCUT2D eigenvalue weighted by Crippen LogP contribution is -2.50. The predicted octanol–water partition coefficient (Wildman–Crippen LogP) is 2.33. The highest BCUT2D eigenvalue weighted by Crippen LogP contribution is 2.42. The Labute approximate surface area is 97.4 Å². The second-order valence-electron chi connectivity index (χ2n) is 5.22. The van der Waals surface area contributed by atoms with E-state index in [4.69, 9.17) is 5.26 Å². The summed E-state index contributed by atoms with van der Waals surface area (Å²) in [4.78, 5) is 14.2. The molecule has 1 saturated heterocycles. The zero-order valence-electron chi connectivity index (χ0n) is 10.0. The second kappa shape index (κ2) is 4.45. The lowest BCUT2D eigenvalue weighted by atomic mass is 9.68. The fourth-order valence-electron chi connectivity index (χ4n) is 2.79. The van der Waals surface area contributed by atoms with E-state index in [1.807, 2.05) is 4.90 Å². The van der Waals surface area contributed by atoms with Gasteiger partial charge in [0.1, 0.15) is 5.41 Å². The van der Waals surface area contributed by atoms with Crippen LogP contribution in [0.4, 0.5) is 0 Å². The molecule has 1 aliphatic heterocycles. The molecule has 3 heteroatoms. The summed E-state index contributed by atoms with van der Waals surface area (Å²) < 4.78 is 0. The first-order valence-electron chi connectivity index (χ1n) is 6.42. The number of rotatable bonds is 2. The van der Waals surface area contributed by atoms with E-state index in [0.717, 1.165) is 45.2 Å². The molecule has 1 saturated carbocycles. The third kappa shape index (κ3) is 1.81. The van der Waals surface area contributed by atoms with Gasteiger partial charge in [-0.25, -0.2) is 0 Å². The Balaban J connectivity index is 2.02. The van der Waals surface area contributed by atoms with E-state index in [-0.39, 0.29) is 5.91 Å². The van der Waals surface area contributed by atoms with Gasteiger partial charge in [0.25, 0.3) is 0 Å². The van der Waals surface area contributed by atoms with Crippen molar-refractivity contribution in [2.75, 3.05) is 13.1 Å². The largest absolute Gasteiger partial charge is 0.341 e. The lowest BCUT2D eigenvalue weighted by Gasteiger charge is -2.41. The fourth-order valence-corrected chi connectivity index (χ4v) is 2.79. The average molecular weight is 220 g/mol. The molecule has 1 amide bonds. The van der Waals surface area contributed by atoms with E-state index in [9.17, 15) is 4.79 Å². The van der Waals surface area contributed by atoms with E-state index >= 15 is 0 Å². The molecule has 16 heavy (non-hydrogen) atoms. The highest BCUT2D eigenvalue weighted by atomic mass is 16.2. The van der Waals surface area contributed by atoms with Crippen molar-refractivity contribution in [2.24, 2.45) is 11.3 Å². The maximum absolute atomic E-state index is 12.3. The molecule has 1 atom stereocenters. The van der Waals surface area contributed by atoms with Crippen LogP contribution in [0, 0.1) is 22.7 Å². The molecule has 0 aromatic carbocycles. The molecule has 0 aromatic heterocycles. The van der Waals surface area contributed by atoms with Gasteiger partial charge in [0.2, 0.25) is 5.91 Å². The third-order valence-electron chi connectivity index (χ3n) is 4.21. The zero-order valence-corrected chi connectivity index (χ0v) is 10.0. The average Bonchev–Trinajstić information content (AvgIpc) is 2.28. The molecule has 0 spiro atoms. The molecule has 0 bridgehead atoms. The number of hydrogen-bond acceptors (Lipinski definition) is 2.